The van der Waals surface area contributed by atoms with Crippen molar-refractivity contribution in [3.8, 4) is 28.3 Å². The van der Waals surface area contributed by atoms with Crippen molar-refractivity contribution in [2.24, 2.45) is 0 Å². The van der Waals surface area contributed by atoms with Gasteiger partial charge in [-0.25, -0.2) is 0 Å². The van der Waals surface area contributed by atoms with Crippen molar-refractivity contribution < 1.29 is 9.90 Å². The highest BCUT2D eigenvalue weighted by Crippen LogP contribution is 2.25. The first-order chi connectivity index (χ1) is 13.6. The molecule has 0 atom stereocenters. The van der Waals surface area contributed by atoms with Gasteiger partial charge in [0.2, 0.25) is 0 Å². The summed E-state index contributed by atoms with van der Waals surface area (Å²) in [4.78, 5) is 12.4. The van der Waals surface area contributed by atoms with Crippen LogP contribution in [0.5, 0.6) is 5.75 Å². The lowest BCUT2D eigenvalue weighted by molar-refractivity contribution is 0.102. The zero-order valence-corrected chi connectivity index (χ0v) is 15.4. The van der Waals surface area contributed by atoms with Crippen molar-refractivity contribution in [3.05, 3.63) is 89.4 Å². The molecule has 1 heterocycles. The van der Waals surface area contributed by atoms with E-state index in [9.17, 15) is 9.90 Å². The normalized spacial score (nSPS) is 10.6. The topological polar surface area (TPSA) is 78.0 Å². The van der Waals surface area contributed by atoms with Gasteiger partial charge in [-0.2, -0.15) is 5.10 Å². The maximum absolute atomic E-state index is 12.4. The summed E-state index contributed by atoms with van der Waals surface area (Å²) in [5, 5.41) is 20.2. The molecule has 0 fully saturated rings. The summed E-state index contributed by atoms with van der Waals surface area (Å²) in [7, 11) is 0. The number of anilines is 1. The van der Waals surface area contributed by atoms with Crippen LogP contribution >= 0.6 is 11.6 Å². The Hall–Kier alpha value is -3.57. The van der Waals surface area contributed by atoms with E-state index in [1.165, 1.54) is 0 Å². The summed E-state index contributed by atoms with van der Waals surface area (Å²) in [6.07, 6.45) is 0. The number of nitrogens with zero attached hydrogens (tertiary/aromatic N) is 1. The Morgan fingerprint density at radius 2 is 1.54 bits per heavy atom. The zero-order chi connectivity index (χ0) is 19.5. The molecule has 5 nitrogen and oxygen atoms in total. The molecule has 28 heavy (non-hydrogen) atoms. The average Bonchev–Trinajstić information content (AvgIpc) is 3.20. The quantitative estimate of drug-likeness (QED) is 0.440. The van der Waals surface area contributed by atoms with Crippen molar-refractivity contribution in [1.82, 2.24) is 10.2 Å². The number of halogens is 1. The number of H-pyrrole nitrogens is 1. The highest BCUT2D eigenvalue weighted by atomic mass is 35.5. The number of hydrogen-bond donors (Lipinski definition) is 3. The number of aromatic nitrogens is 2. The van der Waals surface area contributed by atoms with Crippen LogP contribution in [0.15, 0.2) is 78.9 Å². The van der Waals surface area contributed by atoms with Gasteiger partial charge in [0.15, 0.2) is 0 Å². The molecule has 6 heteroatoms. The number of benzene rings is 3. The third kappa shape index (κ3) is 3.89. The predicted octanol–water partition coefficient (Wildman–Crippen LogP) is 5.36. The van der Waals surface area contributed by atoms with Crippen LogP contribution in [-0.2, 0) is 0 Å². The molecule has 4 aromatic rings. The highest BCUT2D eigenvalue weighted by molar-refractivity contribution is 6.30. The van der Waals surface area contributed by atoms with Crippen LogP contribution in [0.3, 0.4) is 0 Å². The Morgan fingerprint density at radius 1 is 0.893 bits per heavy atom. The van der Waals surface area contributed by atoms with E-state index in [1.807, 2.05) is 18.2 Å². The van der Waals surface area contributed by atoms with Crippen molar-refractivity contribution in [2.75, 3.05) is 5.32 Å². The van der Waals surface area contributed by atoms with Crippen molar-refractivity contribution >= 4 is 23.2 Å². The van der Waals surface area contributed by atoms with Crippen LogP contribution < -0.4 is 5.32 Å². The maximum atomic E-state index is 12.4. The van der Waals surface area contributed by atoms with Crippen LogP contribution in [0.4, 0.5) is 5.69 Å². The predicted molar refractivity (Wildman–Crippen MR) is 111 cm³/mol. The van der Waals surface area contributed by atoms with Gasteiger partial charge in [-0.1, -0.05) is 23.7 Å². The van der Waals surface area contributed by atoms with E-state index in [-0.39, 0.29) is 11.7 Å². The number of carbonyl (C=O) groups is 1. The molecular weight excluding hydrogens is 374 g/mol. The molecule has 3 aromatic carbocycles. The molecule has 0 bridgehead atoms. The Balaban J connectivity index is 1.49. The molecule has 0 saturated carbocycles. The number of carbonyl (C=O) groups excluding carboxylic acids is 1. The van der Waals surface area contributed by atoms with Gasteiger partial charge in [-0.05, 0) is 72.3 Å². The van der Waals surface area contributed by atoms with Gasteiger partial charge in [0.25, 0.3) is 5.91 Å². The molecule has 0 radical (unpaired) electrons. The van der Waals surface area contributed by atoms with Crippen LogP contribution in [0.25, 0.3) is 22.5 Å². The second-order valence-corrected chi connectivity index (χ2v) is 6.69. The number of aromatic amines is 1. The minimum absolute atomic E-state index is 0.191. The fourth-order valence-electron chi connectivity index (χ4n) is 2.79. The Morgan fingerprint density at radius 3 is 2.21 bits per heavy atom. The van der Waals surface area contributed by atoms with Crippen LogP contribution in [0.2, 0.25) is 5.02 Å². The molecule has 0 saturated heterocycles. The second kappa shape index (κ2) is 7.58. The van der Waals surface area contributed by atoms with E-state index in [0.717, 1.165) is 22.5 Å². The van der Waals surface area contributed by atoms with E-state index >= 15 is 0 Å². The van der Waals surface area contributed by atoms with Crippen LogP contribution in [0, 0.1) is 0 Å². The first-order valence-electron chi connectivity index (χ1n) is 8.61. The van der Waals surface area contributed by atoms with E-state index in [1.54, 1.807) is 60.7 Å². The van der Waals surface area contributed by atoms with Crippen LogP contribution in [-0.4, -0.2) is 21.2 Å². The smallest absolute Gasteiger partial charge is 0.255 e. The van der Waals surface area contributed by atoms with Gasteiger partial charge >= 0.3 is 0 Å². The second-order valence-electron chi connectivity index (χ2n) is 6.25. The molecule has 0 aliphatic rings. The molecule has 0 unspecified atom stereocenters. The van der Waals surface area contributed by atoms with E-state index in [0.29, 0.717) is 16.3 Å². The Bertz CT molecular complexity index is 1100. The first-order valence-corrected chi connectivity index (χ1v) is 8.98. The molecule has 4 rings (SSSR count). The van der Waals surface area contributed by atoms with Gasteiger partial charge in [-0.3, -0.25) is 9.89 Å². The summed E-state index contributed by atoms with van der Waals surface area (Å²) in [6, 6.07) is 23.0. The third-order valence-electron chi connectivity index (χ3n) is 4.30. The minimum Gasteiger partial charge on any atom is -0.508 e. The molecule has 3 N–H and O–H groups in total. The van der Waals surface area contributed by atoms with Gasteiger partial charge in [-0.15, -0.1) is 0 Å². The number of nitrogens with one attached hydrogen (secondary N) is 2. The highest BCUT2D eigenvalue weighted by Gasteiger charge is 2.09. The van der Waals surface area contributed by atoms with Gasteiger partial charge < -0.3 is 10.4 Å². The van der Waals surface area contributed by atoms with E-state index in [4.69, 9.17) is 11.6 Å². The van der Waals surface area contributed by atoms with E-state index in [2.05, 4.69) is 15.5 Å². The summed E-state index contributed by atoms with van der Waals surface area (Å²) in [5.41, 5.74) is 4.68. The first kappa shape index (κ1) is 17.8. The van der Waals surface area contributed by atoms with Gasteiger partial charge in [0, 0.05) is 21.8 Å². The SMILES string of the molecule is O=C(Nc1ccc(Cl)cc1)c1ccc(-c2cc(-c3ccc(O)cc3)n[nH]2)cc1. The number of amides is 1. The fraction of sp³-hybridized carbons (Fsp3) is 0. The van der Waals surface area contributed by atoms with Gasteiger partial charge in [0.1, 0.15) is 5.75 Å². The molecule has 0 spiro atoms. The summed E-state index contributed by atoms with van der Waals surface area (Å²) in [6.45, 7) is 0. The molecule has 1 amide bonds. The van der Waals surface area contributed by atoms with Gasteiger partial charge in [0.05, 0.1) is 11.4 Å². The molecule has 0 aliphatic heterocycles. The fourth-order valence-corrected chi connectivity index (χ4v) is 2.91. The number of hydrogen-bond acceptors (Lipinski definition) is 3. The monoisotopic (exact) mass is 389 g/mol. The third-order valence-corrected chi connectivity index (χ3v) is 4.55. The Kier molecular flexibility index (Phi) is 4.83. The van der Waals surface area contributed by atoms with Crippen LogP contribution in [0.1, 0.15) is 10.4 Å². The van der Waals surface area contributed by atoms with Crippen molar-refractivity contribution in [2.45, 2.75) is 0 Å². The number of phenols is 1. The maximum Gasteiger partial charge on any atom is 0.255 e. The molecule has 1 aromatic heterocycles. The Labute approximate surface area is 166 Å². The summed E-state index contributed by atoms with van der Waals surface area (Å²) < 4.78 is 0. The average molecular weight is 390 g/mol. The number of rotatable bonds is 4. The zero-order valence-electron chi connectivity index (χ0n) is 14.7. The summed E-state index contributed by atoms with van der Waals surface area (Å²) >= 11 is 5.86. The number of aromatic hydroxyl groups is 1. The van der Waals surface area contributed by atoms with Crippen molar-refractivity contribution in [3.63, 3.8) is 0 Å². The molecule has 138 valence electrons. The standard InChI is InChI=1S/C22H16ClN3O2/c23-17-7-9-18(10-8-17)24-22(28)16-3-1-14(2-4-16)20-13-21(26-25-20)15-5-11-19(27)12-6-15/h1-13,27H,(H,24,28)(H,25,26). The minimum atomic E-state index is -0.191. The summed E-state index contributed by atoms with van der Waals surface area (Å²) in [5.74, 6) is 0.0234. The lowest BCUT2D eigenvalue weighted by Gasteiger charge is -2.06. The van der Waals surface area contributed by atoms with E-state index < -0.39 is 0 Å². The molecular formula is C22H16ClN3O2. The lowest BCUT2D eigenvalue weighted by Crippen LogP contribution is -2.11. The number of phenolic OH excluding ortho intramolecular Hbond substituents is 1. The largest absolute Gasteiger partial charge is 0.508 e. The molecule has 0 aliphatic carbocycles. The lowest BCUT2D eigenvalue weighted by atomic mass is 10.1. The van der Waals surface area contributed by atoms with Crippen molar-refractivity contribution in [1.29, 1.82) is 0 Å².